The lowest BCUT2D eigenvalue weighted by atomic mass is 10.2. The molecule has 0 amide bonds. The van der Waals surface area contributed by atoms with Gasteiger partial charge in [-0.1, -0.05) is 72.8 Å². The molecule has 3 nitrogen and oxygen atoms in total. The number of ether oxygens (including phenoxy) is 1. The highest BCUT2D eigenvalue weighted by atomic mass is 35.5. The number of carbonyl (C=O) groups is 1. The Hall–Kier alpha value is -2.69. The van der Waals surface area contributed by atoms with Crippen LogP contribution in [0.1, 0.15) is 28.5 Å². The summed E-state index contributed by atoms with van der Waals surface area (Å²) in [5.41, 5.74) is 4.17. The van der Waals surface area contributed by atoms with Gasteiger partial charge in [0, 0.05) is 32.4 Å². The maximum Gasteiger partial charge on any atom is 0.337 e. The molecule has 0 saturated carbocycles. The van der Waals surface area contributed by atoms with Gasteiger partial charge in [0.25, 0.3) is 0 Å². The zero-order chi connectivity index (χ0) is 21.1. The van der Waals surface area contributed by atoms with Crippen molar-refractivity contribution in [2.24, 2.45) is 0 Å². The molecule has 0 aliphatic rings. The molecule has 0 aliphatic carbocycles. The highest BCUT2D eigenvalue weighted by molar-refractivity contribution is 7.99. The molecule has 0 spiro atoms. The molecule has 30 heavy (non-hydrogen) atoms. The first-order chi connectivity index (χ1) is 14.6. The van der Waals surface area contributed by atoms with E-state index in [2.05, 4.69) is 41.8 Å². The summed E-state index contributed by atoms with van der Waals surface area (Å²) in [6.07, 6.45) is 0.887. The van der Waals surface area contributed by atoms with Crippen LogP contribution in [0.15, 0.2) is 82.6 Å². The van der Waals surface area contributed by atoms with Crippen LogP contribution in [0.3, 0.4) is 0 Å². The van der Waals surface area contributed by atoms with Crippen LogP contribution in [0, 0.1) is 0 Å². The molecular formula is C25H22ClNO2S. The van der Waals surface area contributed by atoms with Crippen LogP contribution in [0.2, 0.25) is 5.02 Å². The number of benzene rings is 3. The van der Waals surface area contributed by atoms with Crippen LogP contribution >= 0.6 is 23.4 Å². The van der Waals surface area contributed by atoms with E-state index in [0.29, 0.717) is 5.56 Å². The van der Waals surface area contributed by atoms with Gasteiger partial charge >= 0.3 is 5.97 Å². The van der Waals surface area contributed by atoms with Crippen LogP contribution < -0.4 is 0 Å². The van der Waals surface area contributed by atoms with Gasteiger partial charge in [0.15, 0.2) is 0 Å². The fourth-order valence-electron chi connectivity index (χ4n) is 3.68. The van der Waals surface area contributed by atoms with E-state index in [9.17, 15) is 4.79 Å². The monoisotopic (exact) mass is 435 g/mol. The minimum Gasteiger partial charge on any atom is -0.465 e. The lowest BCUT2D eigenvalue weighted by Crippen LogP contribution is -2.04. The Morgan fingerprint density at radius 3 is 2.57 bits per heavy atom. The molecule has 5 heteroatoms. The zero-order valence-electron chi connectivity index (χ0n) is 16.9. The van der Waals surface area contributed by atoms with Crippen LogP contribution in [0.25, 0.3) is 10.9 Å². The molecule has 0 saturated heterocycles. The second kappa shape index (κ2) is 8.99. The first kappa shape index (κ1) is 20.6. The van der Waals surface area contributed by atoms with E-state index in [1.165, 1.54) is 28.6 Å². The van der Waals surface area contributed by atoms with Gasteiger partial charge in [-0.05, 0) is 42.3 Å². The topological polar surface area (TPSA) is 31.2 Å². The molecule has 0 radical (unpaired) electrons. The summed E-state index contributed by atoms with van der Waals surface area (Å²) in [5.74, 6) is -0.327. The van der Waals surface area contributed by atoms with E-state index in [1.807, 2.05) is 36.4 Å². The molecule has 0 bridgehead atoms. The average Bonchev–Trinajstić information content (AvgIpc) is 3.05. The highest BCUT2D eigenvalue weighted by Crippen LogP contribution is 2.40. The molecule has 4 rings (SSSR count). The lowest BCUT2D eigenvalue weighted by molar-refractivity contribution is 0.0600. The molecule has 0 fully saturated rings. The van der Waals surface area contributed by atoms with E-state index in [-0.39, 0.29) is 5.97 Å². The van der Waals surface area contributed by atoms with Crippen molar-refractivity contribution in [2.75, 3.05) is 7.11 Å². The molecule has 0 atom stereocenters. The number of esters is 1. The number of carbonyl (C=O) groups excluding carboxylic acids is 1. The van der Waals surface area contributed by atoms with E-state index in [1.54, 1.807) is 17.8 Å². The summed E-state index contributed by atoms with van der Waals surface area (Å²) in [6.45, 7) is 2.95. The number of fused-ring (bicyclic) bond motifs is 1. The Morgan fingerprint density at radius 2 is 1.83 bits per heavy atom. The van der Waals surface area contributed by atoms with Gasteiger partial charge in [0.2, 0.25) is 0 Å². The van der Waals surface area contributed by atoms with Crippen LogP contribution in [-0.2, 0) is 17.7 Å². The minimum absolute atomic E-state index is 0.327. The van der Waals surface area contributed by atoms with Crippen molar-refractivity contribution in [3.63, 3.8) is 0 Å². The molecule has 1 aromatic heterocycles. The van der Waals surface area contributed by atoms with E-state index in [0.717, 1.165) is 28.4 Å². The Bertz CT molecular complexity index is 1200. The summed E-state index contributed by atoms with van der Waals surface area (Å²) >= 11 is 8.03. The van der Waals surface area contributed by atoms with Crippen LogP contribution in [-0.4, -0.2) is 17.6 Å². The number of nitrogens with zero attached hydrogens (tertiary/aromatic N) is 1. The van der Waals surface area contributed by atoms with Crippen molar-refractivity contribution in [3.8, 4) is 0 Å². The summed E-state index contributed by atoms with van der Waals surface area (Å²) in [4.78, 5) is 14.1. The SMILES string of the molecule is CCc1c(Sc2cccc(C(=O)OC)c2)c2ccc(Cl)cc2n1Cc1ccccc1. The number of halogens is 1. The van der Waals surface area contributed by atoms with Crippen molar-refractivity contribution in [3.05, 3.63) is 94.6 Å². The molecule has 0 aliphatic heterocycles. The van der Waals surface area contributed by atoms with Gasteiger partial charge in [-0.15, -0.1) is 0 Å². The maximum atomic E-state index is 11.9. The Balaban J connectivity index is 1.83. The van der Waals surface area contributed by atoms with Crippen molar-refractivity contribution in [1.82, 2.24) is 4.57 Å². The van der Waals surface area contributed by atoms with Gasteiger partial charge in [0.05, 0.1) is 18.2 Å². The third kappa shape index (κ3) is 4.11. The zero-order valence-corrected chi connectivity index (χ0v) is 18.5. The van der Waals surface area contributed by atoms with Crippen molar-refractivity contribution < 1.29 is 9.53 Å². The average molecular weight is 436 g/mol. The van der Waals surface area contributed by atoms with E-state index < -0.39 is 0 Å². The third-order valence-electron chi connectivity index (χ3n) is 5.08. The van der Waals surface area contributed by atoms with Gasteiger partial charge < -0.3 is 9.30 Å². The van der Waals surface area contributed by atoms with E-state index >= 15 is 0 Å². The summed E-state index contributed by atoms with van der Waals surface area (Å²) in [5, 5.41) is 1.89. The molecule has 3 aromatic carbocycles. The Morgan fingerprint density at radius 1 is 1.03 bits per heavy atom. The van der Waals surface area contributed by atoms with E-state index in [4.69, 9.17) is 16.3 Å². The second-order valence-corrected chi connectivity index (χ2v) is 8.50. The molecule has 0 N–H and O–H groups in total. The number of methoxy groups -OCH3 is 1. The van der Waals surface area contributed by atoms with Crippen molar-refractivity contribution in [1.29, 1.82) is 0 Å². The fourth-order valence-corrected chi connectivity index (χ4v) is 5.07. The largest absolute Gasteiger partial charge is 0.465 e. The molecular weight excluding hydrogens is 414 g/mol. The summed E-state index contributed by atoms with van der Waals surface area (Å²) in [7, 11) is 1.40. The third-order valence-corrected chi connectivity index (χ3v) is 6.46. The smallest absolute Gasteiger partial charge is 0.337 e. The summed E-state index contributed by atoms with van der Waals surface area (Å²) in [6, 6.07) is 24.1. The minimum atomic E-state index is -0.327. The molecule has 1 heterocycles. The first-order valence-electron chi connectivity index (χ1n) is 9.81. The van der Waals surface area contributed by atoms with Crippen molar-refractivity contribution >= 4 is 40.2 Å². The first-order valence-corrected chi connectivity index (χ1v) is 11.0. The second-order valence-electron chi connectivity index (χ2n) is 6.98. The molecule has 4 aromatic rings. The van der Waals surface area contributed by atoms with Crippen molar-refractivity contribution in [2.45, 2.75) is 29.7 Å². The normalized spacial score (nSPS) is 11.0. The standard InChI is InChI=1S/C25H22ClNO2S/c1-3-22-24(30-20-11-7-10-18(14-20)25(28)29-2)21-13-12-19(26)15-23(21)27(22)16-17-8-5-4-6-9-17/h4-15H,3,16H2,1-2H3. The molecule has 152 valence electrons. The van der Waals surface area contributed by atoms with Gasteiger partial charge in [-0.2, -0.15) is 0 Å². The van der Waals surface area contributed by atoms with Crippen LogP contribution in [0.4, 0.5) is 0 Å². The van der Waals surface area contributed by atoms with Crippen LogP contribution in [0.5, 0.6) is 0 Å². The predicted molar refractivity (Wildman–Crippen MR) is 124 cm³/mol. The van der Waals surface area contributed by atoms with Gasteiger partial charge in [-0.25, -0.2) is 4.79 Å². The number of hydrogen-bond donors (Lipinski definition) is 0. The number of rotatable bonds is 6. The highest BCUT2D eigenvalue weighted by Gasteiger charge is 2.18. The summed E-state index contributed by atoms with van der Waals surface area (Å²) < 4.78 is 7.22. The Labute approximate surface area is 185 Å². The van der Waals surface area contributed by atoms with Gasteiger partial charge in [-0.3, -0.25) is 0 Å². The Kier molecular flexibility index (Phi) is 6.16. The predicted octanol–water partition coefficient (Wildman–Crippen LogP) is 6.84. The number of hydrogen-bond acceptors (Lipinski definition) is 3. The van der Waals surface area contributed by atoms with Gasteiger partial charge in [0.1, 0.15) is 0 Å². The maximum absolute atomic E-state index is 11.9. The lowest BCUT2D eigenvalue weighted by Gasteiger charge is -2.11. The quantitative estimate of drug-likeness (QED) is 0.310. The number of aromatic nitrogens is 1. The fraction of sp³-hybridized carbons (Fsp3) is 0.160. The molecule has 0 unspecified atom stereocenters.